The molecule has 0 radical (unpaired) electrons. The van der Waals surface area contributed by atoms with Gasteiger partial charge in [-0.25, -0.2) is 4.98 Å². The number of hydrogen-bond acceptors (Lipinski definition) is 5. The van der Waals surface area contributed by atoms with Crippen molar-refractivity contribution in [2.75, 3.05) is 44.8 Å². The van der Waals surface area contributed by atoms with E-state index in [9.17, 15) is 13.2 Å². The van der Waals surface area contributed by atoms with Crippen molar-refractivity contribution >= 4 is 17.4 Å². The van der Waals surface area contributed by atoms with Crippen LogP contribution in [-0.2, 0) is 17.5 Å². The number of hydrogen-bond donors (Lipinski definition) is 1. The first kappa shape index (κ1) is 20.7. The van der Waals surface area contributed by atoms with Crippen LogP contribution in [0.25, 0.3) is 0 Å². The van der Waals surface area contributed by atoms with Gasteiger partial charge < -0.3 is 14.8 Å². The topological polar surface area (TPSA) is 46.6 Å². The molecule has 1 N–H and O–H groups in total. The molecule has 0 bridgehead atoms. The number of ether oxygens (including phenoxy) is 2. The smallest absolute Gasteiger partial charge is 0.417 e. The Morgan fingerprint density at radius 2 is 2.00 bits per heavy atom. The van der Waals surface area contributed by atoms with Crippen LogP contribution in [0.3, 0.4) is 0 Å². The van der Waals surface area contributed by atoms with E-state index in [1.54, 1.807) is 0 Å². The average Bonchev–Trinajstić information content (AvgIpc) is 2.67. The molecule has 1 aromatic heterocycles. The molecule has 5 nitrogen and oxygen atoms in total. The van der Waals surface area contributed by atoms with Crippen molar-refractivity contribution in [1.82, 2.24) is 9.88 Å². The number of alkyl halides is 3. The molecule has 0 aliphatic carbocycles. The molecule has 0 amide bonds. The fourth-order valence-electron chi connectivity index (χ4n) is 2.77. The SMILES string of the molecule is FC(F)(F)c1cnc(NCc2cccc(OCCN3CCOCC3)c2)c(Cl)c1. The van der Waals surface area contributed by atoms with Gasteiger partial charge in [0.05, 0.1) is 23.8 Å². The quantitative estimate of drug-likeness (QED) is 0.738. The minimum atomic E-state index is -4.47. The van der Waals surface area contributed by atoms with Gasteiger partial charge in [0.25, 0.3) is 0 Å². The zero-order valence-electron chi connectivity index (χ0n) is 15.1. The lowest BCUT2D eigenvalue weighted by Gasteiger charge is -2.26. The molecule has 1 aliphatic rings. The molecule has 1 fully saturated rings. The van der Waals surface area contributed by atoms with Crippen LogP contribution in [0.5, 0.6) is 5.75 Å². The third-order valence-corrected chi connectivity index (χ3v) is 4.59. The second-order valence-corrected chi connectivity index (χ2v) is 6.76. The number of morpholine rings is 1. The molecule has 0 saturated carbocycles. The molecule has 2 aromatic rings. The summed E-state index contributed by atoms with van der Waals surface area (Å²) in [5.41, 5.74) is 0.0281. The van der Waals surface area contributed by atoms with Gasteiger partial charge in [0.1, 0.15) is 18.2 Å². The van der Waals surface area contributed by atoms with Gasteiger partial charge in [-0.15, -0.1) is 0 Å². The third kappa shape index (κ3) is 5.98. The summed E-state index contributed by atoms with van der Waals surface area (Å²) in [6, 6.07) is 8.36. The highest BCUT2D eigenvalue weighted by Crippen LogP contribution is 2.32. The molecular weight excluding hydrogens is 395 g/mol. The Morgan fingerprint density at radius 1 is 1.21 bits per heavy atom. The number of rotatable bonds is 7. The van der Waals surface area contributed by atoms with E-state index in [1.165, 1.54) is 0 Å². The fourth-order valence-corrected chi connectivity index (χ4v) is 3.00. The summed E-state index contributed by atoms with van der Waals surface area (Å²) in [6.45, 7) is 5.09. The summed E-state index contributed by atoms with van der Waals surface area (Å²) < 4.78 is 49.1. The van der Waals surface area contributed by atoms with E-state index in [2.05, 4.69) is 15.2 Å². The predicted molar refractivity (Wildman–Crippen MR) is 101 cm³/mol. The van der Waals surface area contributed by atoms with E-state index in [-0.39, 0.29) is 10.8 Å². The molecule has 1 aromatic carbocycles. The van der Waals surface area contributed by atoms with Gasteiger partial charge in [-0.2, -0.15) is 13.2 Å². The normalized spacial score (nSPS) is 15.4. The van der Waals surface area contributed by atoms with Crippen molar-refractivity contribution in [1.29, 1.82) is 0 Å². The van der Waals surface area contributed by atoms with Crippen LogP contribution in [0.1, 0.15) is 11.1 Å². The summed E-state index contributed by atoms with van der Waals surface area (Å²) in [6.07, 6.45) is -3.71. The monoisotopic (exact) mass is 415 g/mol. The van der Waals surface area contributed by atoms with Gasteiger partial charge >= 0.3 is 6.18 Å². The van der Waals surface area contributed by atoms with Crippen molar-refractivity contribution < 1.29 is 22.6 Å². The third-order valence-electron chi connectivity index (χ3n) is 4.31. The largest absolute Gasteiger partial charge is 0.492 e. The van der Waals surface area contributed by atoms with Gasteiger partial charge in [0, 0.05) is 32.4 Å². The number of aromatic nitrogens is 1. The molecule has 0 unspecified atom stereocenters. The lowest BCUT2D eigenvalue weighted by atomic mass is 10.2. The first-order valence-corrected chi connectivity index (χ1v) is 9.28. The summed E-state index contributed by atoms with van der Waals surface area (Å²) in [5.74, 6) is 0.937. The second-order valence-electron chi connectivity index (χ2n) is 6.36. The highest BCUT2D eigenvalue weighted by Gasteiger charge is 2.31. The lowest BCUT2D eigenvalue weighted by Crippen LogP contribution is -2.38. The van der Waals surface area contributed by atoms with E-state index >= 15 is 0 Å². The van der Waals surface area contributed by atoms with E-state index < -0.39 is 11.7 Å². The minimum Gasteiger partial charge on any atom is -0.492 e. The van der Waals surface area contributed by atoms with E-state index in [4.69, 9.17) is 21.1 Å². The zero-order valence-corrected chi connectivity index (χ0v) is 15.9. The summed E-state index contributed by atoms with van der Waals surface area (Å²) in [4.78, 5) is 6.06. The first-order chi connectivity index (χ1) is 13.4. The van der Waals surface area contributed by atoms with E-state index in [0.717, 1.165) is 56.4 Å². The van der Waals surface area contributed by atoms with Gasteiger partial charge in [0.15, 0.2) is 0 Å². The van der Waals surface area contributed by atoms with Crippen LogP contribution in [0.4, 0.5) is 19.0 Å². The number of halogens is 4. The molecule has 152 valence electrons. The summed E-state index contributed by atoms with van der Waals surface area (Å²) in [7, 11) is 0. The summed E-state index contributed by atoms with van der Waals surface area (Å²) in [5, 5.41) is 2.88. The van der Waals surface area contributed by atoms with Gasteiger partial charge in [-0.1, -0.05) is 23.7 Å². The van der Waals surface area contributed by atoms with Crippen molar-refractivity contribution in [3.05, 3.63) is 52.7 Å². The van der Waals surface area contributed by atoms with Crippen molar-refractivity contribution in [3.8, 4) is 5.75 Å². The maximum absolute atomic E-state index is 12.7. The first-order valence-electron chi connectivity index (χ1n) is 8.90. The van der Waals surface area contributed by atoms with Gasteiger partial charge in [-0.3, -0.25) is 4.90 Å². The van der Waals surface area contributed by atoms with Crippen LogP contribution < -0.4 is 10.1 Å². The minimum absolute atomic E-state index is 0.0762. The fraction of sp³-hybridized carbons (Fsp3) is 0.421. The van der Waals surface area contributed by atoms with Crippen LogP contribution in [0.15, 0.2) is 36.5 Å². The number of anilines is 1. The Hall–Kier alpha value is -2.03. The van der Waals surface area contributed by atoms with E-state index in [1.807, 2.05) is 24.3 Å². The Bertz CT molecular complexity index is 783. The summed E-state index contributed by atoms with van der Waals surface area (Å²) >= 11 is 5.91. The Kier molecular flexibility index (Phi) is 6.98. The lowest BCUT2D eigenvalue weighted by molar-refractivity contribution is -0.137. The van der Waals surface area contributed by atoms with Crippen LogP contribution in [0, 0.1) is 0 Å². The van der Waals surface area contributed by atoms with Crippen LogP contribution in [-0.4, -0.2) is 49.3 Å². The molecule has 3 rings (SSSR count). The number of benzene rings is 1. The maximum Gasteiger partial charge on any atom is 0.417 e. The molecule has 0 spiro atoms. The molecule has 9 heteroatoms. The highest BCUT2D eigenvalue weighted by molar-refractivity contribution is 6.32. The molecule has 28 heavy (non-hydrogen) atoms. The highest BCUT2D eigenvalue weighted by atomic mass is 35.5. The Labute approximate surface area is 166 Å². The Morgan fingerprint density at radius 3 is 2.71 bits per heavy atom. The zero-order chi connectivity index (χ0) is 20.0. The molecule has 1 saturated heterocycles. The van der Waals surface area contributed by atoms with Gasteiger partial charge in [0.2, 0.25) is 0 Å². The molecular formula is C19H21ClF3N3O2. The average molecular weight is 416 g/mol. The predicted octanol–water partition coefficient (Wildman–Crippen LogP) is 4.08. The molecule has 2 heterocycles. The maximum atomic E-state index is 12.7. The Balaban J connectivity index is 1.51. The standard InChI is InChI=1S/C19H21ClF3N3O2/c20-17-11-15(19(21,22)23)13-25-18(17)24-12-14-2-1-3-16(10-14)28-9-6-26-4-7-27-8-5-26/h1-3,10-11,13H,4-9,12H2,(H,24,25). The van der Waals surface area contributed by atoms with E-state index in [0.29, 0.717) is 13.2 Å². The van der Waals surface area contributed by atoms with Crippen molar-refractivity contribution in [2.45, 2.75) is 12.7 Å². The van der Waals surface area contributed by atoms with Crippen LogP contribution in [0.2, 0.25) is 5.02 Å². The number of pyridine rings is 1. The molecule has 0 atom stereocenters. The van der Waals surface area contributed by atoms with Gasteiger partial charge in [-0.05, 0) is 23.8 Å². The number of nitrogens with one attached hydrogen (secondary N) is 1. The van der Waals surface area contributed by atoms with Crippen molar-refractivity contribution in [2.24, 2.45) is 0 Å². The van der Waals surface area contributed by atoms with Crippen molar-refractivity contribution in [3.63, 3.8) is 0 Å². The van der Waals surface area contributed by atoms with Crippen LogP contribution >= 0.6 is 11.6 Å². The molecule has 1 aliphatic heterocycles. The number of nitrogens with zero attached hydrogens (tertiary/aromatic N) is 2. The second kappa shape index (κ2) is 9.45.